The molecule has 0 aliphatic carbocycles. The van der Waals surface area contributed by atoms with Crippen LogP contribution in [0.15, 0.2) is 42.1 Å². The molecule has 3 aliphatic rings. The fourth-order valence-corrected chi connectivity index (χ4v) is 3.88. The first kappa shape index (κ1) is 20.2. The van der Waals surface area contributed by atoms with E-state index in [1.807, 2.05) is 35.2 Å². The number of hydrogen-bond acceptors (Lipinski definition) is 5. The van der Waals surface area contributed by atoms with Crippen LogP contribution < -0.4 is 5.32 Å². The van der Waals surface area contributed by atoms with Gasteiger partial charge in [0.25, 0.3) is 11.8 Å². The number of rotatable bonds is 3. The molecule has 3 heterocycles. The van der Waals surface area contributed by atoms with E-state index < -0.39 is 11.9 Å². The summed E-state index contributed by atoms with van der Waals surface area (Å²) in [5, 5.41) is 2.25. The van der Waals surface area contributed by atoms with Gasteiger partial charge in [-0.15, -0.1) is 0 Å². The number of likely N-dealkylation sites (N-methyl/N-ethyl adjacent to an activating group) is 2. The van der Waals surface area contributed by atoms with Crippen LogP contribution in [0, 0.1) is 0 Å². The molecule has 158 valence electrons. The largest absolute Gasteiger partial charge is 0.486 e. The van der Waals surface area contributed by atoms with E-state index in [1.54, 1.807) is 13.1 Å². The quantitative estimate of drug-likeness (QED) is 0.605. The minimum atomic E-state index is -0.441. The Morgan fingerprint density at radius 2 is 2.00 bits per heavy atom. The Kier molecular flexibility index (Phi) is 5.59. The van der Waals surface area contributed by atoms with Crippen molar-refractivity contribution in [1.29, 1.82) is 0 Å². The van der Waals surface area contributed by atoms with Crippen LogP contribution in [0.5, 0.6) is 0 Å². The first-order chi connectivity index (χ1) is 14.4. The summed E-state index contributed by atoms with van der Waals surface area (Å²) < 4.78 is 5.99. The minimum absolute atomic E-state index is 0.0344. The van der Waals surface area contributed by atoms with Crippen LogP contribution in [0.2, 0.25) is 0 Å². The van der Waals surface area contributed by atoms with Crippen molar-refractivity contribution in [1.82, 2.24) is 20.0 Å². The molecular weight excluding hydrogens is 384 g/mol. The average molecular weight is 410 g/mol. The maximum absolute atomic E-state index is 13.0. The van der Waals surface area contributed by atoms with Crippen LogP contribution in [0.4, 0.5) is 4.79 Å². The zero-order chi connectivity index (χ0) is 21.3. The molecule has 8 heteroatoms. The zero-order valence-electron chi connectivity index (χ0n) is 17.3. The highest BCUT2D eigenvalue weighted by atomic mass is 16.5. The van der Waals surface area contributed by atoms with E-state index in [-0.39, 0.29) is 17.7 Å². The van der Waals surface area contributed by atoms with Crippen molar-refractivity contribution in [2.45, 2.75) is 18.9 Å². The van der Waals surface area contributed by atoms with Crippen LogP contribution in [0.25, 0.3) is 5.76 Å². The van der Waals surface area contributed by atoms with Gasteiger partial charge in [0, 0.05) is 44.2 Å². The molecule has 1 atom stereocenters. The number of ether oxygens (including phenoxy) is 1. The molecule has 0 radical (unpaired) electrons. The van der Waals surface area contributed by atoms with Gasteiger partial charge in [-0.2, -0.15) is 0 Å². The van der Waals surface area contributed by atoms with E-state index in [2.05, 4.69) is 17.3 Å². The van der Waals surface area contributed by atoms with Gasteiger partial charge < -0.3 is 14.5 Å². The van der Waals surface area contributed by atoms with Crippen LogP contribution in [-0.4, -0.2) is 78.9 Å². The van der Waals surface area contributed by atoms with E-state index in [0.717, 1.165) is 38.2 Å². The van der Waals surface area contributed by atoms with Crippen LogP contribution >= 0.6 is 0 Å². The third-order valence-corrected chi connectivity index (χ3v) is 5.68. The highest BCUT2D eigenvalue weighted by Gasteiger charge is 2.31. The lowest BCUT2D eigenvalue weighted by atomic mass is 10.1. The number of amides is 4. The Morgan fingerprint density at radius 3 is 2.77 bits per heavy atom. The van der Waals surface area contributed by atoms with Gasteiger partial charge in [-0.25, -0.2) is 4.79 Å². The van der Waals surface area contributed by atoms with Gasteiger partial charge in [0.2, 0.25) is 0 Å². The molecule has 4 rings (SSSR count). The van der Waals surface area contributed by atoms with Gasteiger partial charge in [0.05, 0.1) is 0 Å². The van der Waals surface area contributed by atoms with Crippen molar-refractivity contribution in [3.63, 3.8) is 0 Å². The second kappa shape index (κ2) is 8.31. The molecule has 4 amide bonds. The second-order valence-electron chi connectivity index (χ2n) is 7.86. The van der Waals surface area contributed by atoms with Crippen LogP contribution in [0.1, 0.15) is 28.8 Å². The predicted molar refractivity (Wildman–Crippen MR) is 111 cm³/mol. The summed E-state index contributed by atoms with van der Waals surface area (Å²) in [5.74, 6) is 0.289. The van der Waals surface area contributed by atoms with E-state index in [0.29, 0.717) is 17.7 Å². The number of imide groups is 1. The lowest BCUT2D eigenvalue weighted by molar-refractivity contribution is -0.116. The molecule has 2 fully saturated rings. The maximum atomic E-state index is 13.0. The maximum Gasteiger partial charge on any atom is 0.328 e. The van der Waals surface area contributed by atoms with Gasteiger partial charge in [-0.05, 0) is 44.3 Å². The molecule has 1 aromatic rings. The Bertz CT molecular complexity index is 939. The summed E-state index contributed by atoms with van der Waals surface area (Å²) in [5.41, 5.74) is 1.76. The molecule has 0 saturated carbocycles. The van der Waals surface area contributed by atoms with Gasteiger partial charge >= 0.3 is 6.03 Å². The summed E-state index contributed by atoms with van der Waals surface area (Å²) in [7, 11) is 3.62. The SMILES string of the molecule is CN1CCCN(C(=O)c2cccc(C3=CCC(/C=C4/C(=O)NC(=O)N4C)O3)c2)CC1. The normalized spacial score (nSPS) is 24.0. The van der Waals surface area contributed by atoms with Crippen LogP contribution in [0.3, 0.4) is 0 Å². The monoisotopic (exact) mass is 410 g/mol. The van der Waals surface area contributed by atoms with Crippen molar-refractivity contribution in [3.05, 3.63) is 53.2 Å². The van der Waals surface area contributed by atoms with Crippen molar-refractivity contribution < 1.29 is 19.1 Å². The molecule has 2 saturated heterocycles. The molecule has 0 aromatic heterocycles. The van der Waals surface area contributed by atoms with Gasteiger partial charge in [-0.1, -0.05) is 12.1 Å². The molecule has 1 aromatic carbocycles. The molecule has 0 bridgehead atoms. The van der Waals surface area contributed by atoms with Gasteiger partial charge in [-0.3, -0.25) is 19.8 Å². The highest BCUT2D eigenvalue weighted by Crippen LogP contribution is 2.29. The fourth-order valence-electron chi connectivity index (χ4n) is 3.88. The van der Waals surface area contributed by atoms with E-state index in [9.17, 15) is 14.4 Å². The predicted octanol–water partition coefficient (Wildman–Crippen LogP) is 1.66. The van der Waals surface area contributed by atoms with E-state index in [1.165, 1.54) is 4.90 Å². The lowest BCUT2D eigenvalue weighted by Gasteiger charge is -2.21. The lowest BCUT2D eigenvalue weighted by Crippen LogP contribution is -2.34. The number of benzene rings is 1. The Hall–Kier alpha value is -3.13. The summed E-state index contributed by atoms with van der Waals surface area (Å²) in [6.07, 6.45) is 4.82. The topological polar surface area (TPSA) is 82.2 Å². The molecule has 30 heavy (non-hydrogen) atoms. The summed E-state index contributed by atoms with van der Waals surface area (Å²) in [6, 6.07) is 7.02. The Morgan fingerprint density at radius 1 is 1.17 bits per heavy atom. The number of nitrogens with one attached hydrogen (secondary N) is 1. The summed E-state index contributed by atoms with van der Waals surface area (Å²) in [6.45, 7) is 3.36. The van der Waals surface area contributed by atoms with Gasteiger partial charge in [0.15, 0.2) is 0 Å². The van der Waals surface area contributed by atoms with Crippen molar-refractivity contribution in [3.8, 4) is 0 Å². The zero-order valence-corrected chi connectivity index (χ0v) is 17.3. The number of urea groups is 1. The van der Waals surface area contributed by atoms with Crippen molar-refractivity contribution in [2.24, 2.45) is 0 Å². The standard InChI is InChI=1S/C22H26N4O4/c1-24-9-4-10-26(12-11-24)21(28)16-6-3-5-15(13-16)19-8-7-17(30-19)14-18-20(27)23-22(29)25(18)2/h3,5-6,8,13-14,17H,4,7,9-12H2,1-2H3,(H,23,27,29)/b18-14-. The first-order valence-electron chi connectivity index (χ1n) is 10.2. The highest BCUT2D eigenvalue weighted by molar-refractivity contribution is 6.11. The molecule has 8 nitrogen and oxygen atoms in total. The first-order valence-corrected chi connectivity index (χ1v) is 10.2. The molecule has 3 aliphatic heterocycles. The number of carbonyl (C=O) groups excluding carboxylic acids is 3. The average Bonchev–Trinajstić information content (AvgIpc) is 3.22. The molecule has 1 N–H and O–H groups in total. The fraction of sp³-hybridized carbons (Fsp3) is 0.409. The van der Waals surface area contributed by atoms with E-state index in [4.69, 9.17) is 4.74 Å². The Balaban J connectivity index is 1.45. The third-order valence-electron chi connectivity index (χ3n) is 5.68. The molecule has 1 unspecified atom stereocenters. The molecule has 0 spiro atoms. The smallest absolute Gasteiger partial charge is 0.328 e. The minimum Gasteiger partial charge on any atom is -0.486 e. The summed E-state index contributed by atoms with van der Waals surface area (Å²) >= 11 is 0. The summed E-state index contributed by atoms with van der Waals surface area (Å²) in [4.78, 5) is 41.9. The third kappa shape index (κ3) is 4.09. The van der Waals surface area contributed by atoms with Gasteiger partial charge in [0.1, 0.15) is 17.6 Å². The number of hydrogen-bond donors (Lipinski definition) is 1. The number of carbonyl (C=O) groups is 3. The van der Waals surface area contributed by atoms with Crippen molar-refractivity contribution >= 4 is 23.6 Å². The van der Waals surface area contributed by atoms with Crippen LogP contribution in [-0.2, 0) is 9.53 Å². The number of nitrogens with zero attached hydrogens (tertiary/aromatic N) is 3. The second-order valence-corrected chi connectivity index (χ2v) is 7.86. The molecular formula is C22H26N4O4. The van der Waals surface area contributed by atoms with E-state index >= 15 is 0 Å². The Labute approximate surface area is 175 Å². The van der Waals surface area contributed by atoms with Crippen molar-refractivity contribution in [2.75, 3.05) is 40.3 Å².